The lowest BCUT2D eigenvalue weighted by atomic mass is 10.1. The fourth-order valence-corrected chi connectivity index (χ4v) is 4.42. The van der Waals surface area contributed by atoms with Gasteiger partial charge in [0.15, 0.2) is 0 Å². The first kappa shape index (κ1) is 14.0. The Bertz CT molecular complexity index is 466. The highest BCUT2D eigenvalue weighted by Gasteiger charge is 2.29. The van der Waals surface area contributed by atoms with E-state index in [-0.39, 0.29) is 11.2 Å². The maximum absolute atomic E-state index is 12.3. The van der Waals surface area contributed by atoms with Crippen LogP contribution in [0.15, 0.2) is 29.2 Å². The van der Waals surface area contributed by atoms with E-state index in [2.05, 4.69) is 35.3 Å². The Morgan fingerprint density at radius 1 is 1.45 bits per heavy atom. The normalized spacial score (nSPS) is 25.6. The fraction of sp³-hybridized carbons (Fsp3) is 0.562. The molecule has 20 heavy (non-hydrogen) atoms. The largest absolute Gasteiger partial charge is 0.354 e. The van der Waals surface area contributed by atoms with Crippen molar-refractivity contribution >= 4 is 17.7 Å². The number of likely N-dealkylation sites (N-methyl/N-ethyl adjacent to an activating group) is 1. The van der Waals surface area contributed by atoms with Crippen molar-refractivity contribution in [3.8, 4) is 0 Å². The third-order valence-electron chi connectivity index (χ3n) is 4.36. The summed E-state index contributed by atoms with van der Waals surface area (Å²) in [6.45, 7) is 5.27. The van der Waals surface area contributed by atoms with Crippen molar-refractivity contribution in [2.45, 2.75) is 42.4 Å². The number of nitrogens with one attached hydrogen (secondary N) is 1. The average molecular weight is 290 g/mol. The smallest absolute Gasteiger partial charge is 0.233 e. The molecule has 1 amide bonds. The second-order valence-corrected chi connectivity index (χ2v) is 6.83. The van der Waals surface area contributed by atoms with Crippen LogP contribution < -0.4 is 5.32 Å². The van der Waals surface area contributed by atoms with Gasteiger partial charge in [0.05, 0.1) is 5.25 Å². The standard InChI is InChI=1S/C16H22N2OS/c1-2-18-9-5-7-13(18)11-17-16(19)15-10-12-6-3-4-8-14(12)20-15/h3-4,6,8,13,15H,2,5,7,9-11H2,1H3,(H,17,19). The zero-order chi connectivity index (χ0) is 13.9. The number of carbonyl (C=O) groups excluding carboxylic acids is 1. The van der Waals surface area contributed by atoms with Crippen molar-refractivity contribution in [3.05, 3.63) is 29.8 Å². The molecule has 0 radical (unpaired) electrons. The lowest BCUT2D eigenvalue weighted by molar-refractivity contribution is -0.120. The zero-order valence-electron chi connectivity index (χ0n) is 12.0. The SMILES string of the molecule is CCN1CCCC1CNC(=O)C1Cc2ccccc2S1. The van der Waals surface area contributed by atoms with Crippen molar-refractivity contribution in [2.75, 3.05) is 19.6 Å². The summed E-state index contributed by atoms with van der Waals surface area (Å²) < 4.78 is 0. The average Bonchev–Trinajstić information content (AvgIpc) is 3.10. The summed E-state index contributed by atoms with van der Waals surface area (Å²) >= 11 is 1.71. The fourth-order valence-electron chi connectivity index (χ4n) is 3.20. The molecular weight excluding hydrogens is 268 g/mol. The van der Waals surface area contributed by atoms with E-state index in [0.29, 0.717) is 6.04 Å². The van der Waals surface area contributed by atoms with Gasteiger partial charge >= 0.3 is 0 Å². The number of nitrogens with zero attached hydrogens (tertiary/aromatic N) is 1. The zero-order valence-corrected chi connectivity index (χ0v) is 12.8. The van der Waals surface area contributed by atoms with Gasteiger partial charge < -0.3 is 5.32 Å². The molecule has 1 saturated heterocycles. The number of amides is 1. The lowest BCUT2D eigenvalue weighted by Gasteiger charge is -2.23. The van der Waals surface area contributed by atoms with Crippen molar-refractivity contribution in [1.29, 1.82) is 0 Å². The number of carbonyl (C=O) groups is 1. The Balaban J connectivity index is 1.51. The molecule has 2 aliphatic rings. The molecule has 1 aromatic carbocycles. The summed E-state index contributed by atoms with van der Waals surface area (Å²) in [4.78, 5) is 16.1. The predicted molar refractivity (Wildman–Crippen MR) is 83.1 cm³/mol. The predicted octanol–water partition coefficient (Wildman–Crippen LogP) is 2.30. The lowest BCUT2D eigenvalue weighted by Crippen LogP contribution is -2.42. The summed E-state index contributed by atoms with van der Waals surface area (Å²) in [6.07, 6.45) is 3.35. The highest BCUT2D eigenvalue weighted by Crippen LogP contribution is 2.36. The van der Waals surface area contributed by atoms with Crippen LogP contribution in [-0.4, -0.2) is 41.7 Å². The molecule has 0 aromatic heterocycles. The first-order valence-electron chi connectivity index (χ1n) is 7.54. The third kappa shape index (κ3) is 2.86. The molecule has 1 fully saturated rings. The Morgan fingerprint density at radius 3 is 3.10 bits per heavy atom. The number of likely N-dealkylation sites (tertiary alicyclic amines) is 1. The number of thioether (sulfide) groups is 1. The molecule has 2 heterocycles. The first-order chi connectivity index (χ1) is 9.78. The van der Waals surface area contributed by atoms with Gasteiger partial charge in [0, 0.05) is 17.5 Å². The quantitative estimate of drug-likeness (QED) is 0.923. The van der Waals surface area contributed by atoms with Crippen LogP contribution in [0, 0.1) is 0 Å². The van der Waals surface area contributed by atoms with Crippen molar-refractivity contribution in [1.82, 2.24) is 10.2 Å². The minimum Gasteiger partial charge on any atom is -0.354 e. The Labute approximate surface area is 125 Å². The molecular formula is C16H22N2OS. The molecule has 0 aliphatic carbocycles. The Kier molecular flexibility index (Phi) is 4.32. The summed E-state index contributed by atoms with van der Waals surface area (Å²) in [5.74, 6) is 0.203. The number of hydrogen-bond acceptors (Lipinski definition) is 3. The number of benzene rings is 1. The van der Waals surface area contributed by atoms with E-state index in [1.807, 2.05) is 6.07 Å². The summed E-state index contributed by atoms with van der Waals surface area (Å²) in [5.41, 5.74) is 1.31. The van der Waals surface area contributed by atoms with Gasteiger partial charge in [0.2, 0.25) is 5.91 Å². The molecule has 3 rings (SSSR count). The molecule has 2 unspecified atom stereocenters. The molecule has 2 aliphatic heterocycles. The third-order valence-corrected chi connectivity index (χ3v) is 5.67. The van der Waals surface area contributed by atoms with Crippen LogP contribution in [0.1, 0.15) is 25.3 Å². The van der Waals surface area contributed by atoms with E-state index >= 15 is 0 Å². The van der Waals surface area contributed by atoms with Gasteiger partial charge in [0.1, 0.15) is 0 Å². The second kappa shape index (κ2) is 6.19. The van der Waals surface area contributed by atoms with Crippen LogP contribution in [0.2, 0.25) is 0 Å². The number of rotatable bonds is 4. The van der Waals surface area contributed by atoms with E-state index in [1.54, 1.807) is 11.8 Å². The second-order valence-electron chi connectivity index (χ2n) is 5.59. The van der Waals surface area contributed by atoms with Crippen LogP contribution in [-0.2, 0) is 11.2 Å². The summed E-state index contributed by atoms with van der Waals surface area (Å²) in [5, 5.41) is 3.22. The van der Waals surface area contributed by atoms with Gasteiger partial charge in [-0.05, 0) is 44.0 Å². The highest BCUT2D eigenvalue weighted by atomic mass is 32.2. The van der Waals surface area contributed by atoms with Crippen molar-refractivity contribution in [2.24, 2.45) is 0 Å². The molecule has 1 N–H and O–H groups in total. The first-order valence-corrected chi connectivity index (χ1v) is 8.42. The van der Waals surface area contributed by atoms with Crippen LogP contribution in [0.5, 0.6) is 0 Å². The number of fused-ring (bicyclic) bond motifs is 1. The molecule has 1 aromatic rings. The van der Waals surface area contributed by atoms with Crippen molar-refractivity contribution in [3.63, 3.8) is 0 Å². The number of hydrogen-bond donors (Lipinski definition) is 1. The minimum atomic E-state index is 0.0591. The van der Waals surface area contributed by atoms with E-state index in [1.165, 1.54) is 29.8 Å². The Morgan fingerprint density at radius 2 is 2.30 bits per heavy atom. The van der Waals surface area contributed by atoms with Crippen LogP contribution in [0.3, 0.4) is 0 Å². The van der Waals surface area contributed by atoms with Gasteiger partial charge in [-0.2, -0.15) is 0 Å². The van der Waals surface area contributed by atoms with E-state index in [0.717, 1.165) is 19.5 Å². The topological polar surface area (TPSA) is 32.3 Å². The maximum atomic E-state index is 12.3. The molecule has 0 saturated carbocycles. The van der Waals surface area contributed by atoms with Crippen LogP contribution in [0.25, 0.3) is 0 Å². The summed E-state index contributed by atoms with van der Waals surface area (Å²) in [7, 11) is 0. The molecule has 0 spiro atoms. The monoisotopic (exact) mass is 290 g/mol. The molecule has 4 heteroatoms. The van der Waals surface area contributed by atoms with E-state index < -0.39 is 0 Å². The molecule has 3 nitrogen and oxygen atoms in total. The van der Waals surface area contributed by atoms with Crippen LogP contribution >= 0.6 is 11.8 Å². The maximum Gasteiger partial charge on any atom is 0.233 e. The van der Waals surface area contributed by atoms with Gasteiger partial charge in [-0.3, -0.25) is 9.69 Å². The van der Waals surface area contributed by atoms with E-state index in [4.69, 9.17) is 0 Å². The minimum absolute atomic E-state index is 0.0591. The molecule has 0 bridgehead atoms. The van der Waals surface area contributed by atoms with E-state index in [9.17, 15) is 4.79 Å². The Hall–Kier alpha value is -1.00. The summed E-state index contributed by atoms with van der Waals surface area (Å²) in [6, 6.07) is 8.88. The highest BCUT2D eigenvalue weighted by molar-refractivity contribution is 8.01. The van der Waals surface area contributed by atoms with Crippen LogP contribution in [0.4, 0.5) is 0 Å². The van der Waals surface area contributed by atoms with Crippen molar-refractivity contribution < 1.29 is 4.79 Å². The van der Waals surface area contributed by atoms with Gasteiger partial charge in [-0.25, -0.2) is 0 Å². The van der Waals surface area contributed by atoms with Gasteiger partial charge in [-0.15, -0.1) is 11.8 Å². The van der Waals surface area contributed by atoms with Gasteiger partial charge in [0.25, 0.3) is 0 Å². The molecule has 108 valence electrons. The molecule has 2 atom stereocenters. The van der Waals surface area contributed by atoms with Gasteiger partial charge in [-0.1, -0.05) is 25.1 Å².